The maximum atomic E-state index is 12.5. The molecule has 5 heteroatoms. The Kier molecular flexibility index (Phi) is 4.62. The molecule has 124 valence electrons. The fourth-order valence-electron chi connectivity index (χ4n) is 3.08. The molecule has 1 heterocycles. The van der Waals surface area contributed by atoms with Gasteiger partial charge in [-0.05, 0) is 28.0 Å². The SMILES string of the molecule is C[C@H](CS)C(=O)N1CC(c2cccc3ccccc23)=CC1C(=O)O. The number of carbonyl (C=O) groups excluding carboxylic acids is 1. The summed E-state index contributed by atoms with van der Waals surface area (Å²) in [5, 5.41) is 11.7. The van der Waals surface area contributed by atoms with Crippen LogP contribution in [0.4, 0.5) is 0 Å². The molecule has 0 saturated heterocycles. The van der Waals surface area contributed by atoms with Crippen LogP contribution in [0, 0.1) is 5.92 Å². The van der Waals surface area contributed by atoms with Crippen LogP contribution in [0.3, 0.4) is 0 Å². The number of aliphatic carboxylic acids is 1. The van der Waals surface area contributed by atoms with E-state index in [-0.39, 0.29) is 11.8 Å². The van der Waals surface area contributed by atoms with Crippen LogP contribution in [0.25, 0.3) is 16.3 Å². The molecule has 0 bridgehead atoms. The summed E-state index contributed by atoms with van der Waals surface area (Å²) in [4.78, 5) is 25.6. The zero-order valence-corrected chi connectivity index (χ0v) is 14.2. The number of thiol groups is 1. The first-order valence-electron chi connectivity index (χ1n) is 7.86. The van der Waals surface area contributed by atoms with Gasteiger partial charge >= 0.3 is 5.97 Å². The van der Waals surface area contributed by atoms with E-state index in [1.54, 1.807) is 13.0 Å². The van der Waals surface area contributed by atoms with E-state index in [0.29, 0.717) is 12.3 Å². The first-order valence-corrected chi connectivity index (χ1v) is 8.49. The third kappa shape index (κ3) is 2.91. The van der Waals surface area contributed by atoms with E-state index in [9.17, 15) is 14.7 Å². The van der Waals surface area contributed by atoms with Gasteiger partial charge in [0.25, 0.3) is 0 Å². The topological polar surface area (TPSA) is 57.6 Å². The molecule has 0 spiro atoms. The quantitative estimate of drug-likeness (QED) is 0.840. The average Bonchev–Trinajstić information content (AvgIpc) is 3.05. The van der Waals surface area contributed by atoms with Crippen molar-refractivity contribution < 1.29 is 14.7 Å². The molecule has 24 heavy (non-hydrogen) atoms. The lowest BCUT2D eigenvalue weighted by Gasteiger charge is -2.24. The van der Waals surface area contributed by atoms with Crippen LogP contribution in [0.1, 0.15) is 12.5 Å². The Hall–Kier alpha value is -2.27. The highest BCUT2D eigenvalue weighted by molar-refractivity contribution is 7.80. The largest absolute Gasteiger partial charge is 0.479 e. The van der Waals surface area contributed by atoms with Gasteiger partial charge in [-0.2, -0.15) is 12.6 Å². The van der Waals surface area contributed by atoms with Crippen LogP contribution in [0.5, 0.6) is 0 Å². The molecule has 1 aliphatic heterocycles. The molecule has 1 N–H and O–H groups in total. The molecule has 1 amide bonds. The predicted molar refractivity (Wildman–Crippen MR) is 98.1 cm³/mol. The van der Waals surface area contributed by atoms with Crippen molar-refractivity contribution in [2.75, 3.05) is 12.3 Å². The second kappa shape index (κ2) is 6.69. The second-order valence-electron chi connectivity index (χ2n) is 6.05. The maximum absolute atomic E-state index is 12.5. The Morgan fingerprint density at radius 2 is 1.96 bits per heavy atom. The van der Waals surface area contributed by atoms with Crippen molar-refractivity contribution in [3.8, 4) is 0 Å². The van der Waals surface area contributed by atoms with E-state index in [1.807, 2.05) is 42.5 Å². The third-order valence-corrected chi connectivity index (χ3v) is 4.95. The lowest BCUT2D eigenvalue weighted by molar-refractivity contribution is -0.148. The number of benzene rings is 2. The lowest BCUT2D eigenvalue weighted by atomic mass is 9.98. The number of hydrogen-bond donors (Lipinski definition) is 2. The molecule has 0 aliphatic carbocycles. The van der Waals surface area contributed by atoms with E-state index < -0.39 is 12.0 Å². The third-order valence-electron chi connectivity index (χ3n) is 4.40. The Labute approximate surface area is 146 Å². The normalized spacial score (nSPS) is 18.5. The van der Waals surface area contributed by atoms with Crippen LogP contribution in [-0.4, -0.2) is 40.2 Å². The zero-order chi connectivity index (χ0) is 17.3. The molecule has 0 radical (unpaired) electrons. The molecule has 0 aromatic heterocycles. The van der Waals surface area contributed by atoms with Gasteiger partial charge < -0.3 is 10.0 Å². The van der Waals surface area contributed by atoms with Gasteiger partial charge in [-0.1, -0.05) is 49.4 Å². The van der Waals surface area contributed by atoms with Crippen LogP contribution >= 0.6 is 12.6 Å². The molecule has 4 nitrogen and oxygen atoms in total. The molecule has 2 aromatic carbocycles. The smallest absolute Gasteiger partial charge is 0.330 e. The minimum atomic E-state index is -1.01. The molecule has 2 atom stereocenters. The van der Waals surface area contributed by atoms with Gasteiger partial charge in [0.15, 0.2) is 0 Å². The molecule has 0 fully saturated rings. The number of carboxylic acids is 1. The summed E-state index contributed by atoms with van der Waals surface area (Å²) in [5.74, 6) is -1.10. The highest BCUT2D eigenvalue weighted by Gasteiger charge is 2.36. The van der Waals surface area contributed by atoms with Crippen molar-refractivity contribution in [3.05, 3.63) is 54.1 Å². The van der Waals surface area contributed by atoms with E-state index in [4.69, 9.17) is 0 Å². The number of amides is 1. The van der Waals surface area contributed by atoms with Crippen molar-refractivity contribution in [3.63, 3.8) is 0 Å². The Morgan fingerprint density at radius 3 is 2.67 bits per heavy atom. The summed E-state index contributed by atoms with van der Waals surface area (Å²) in [6.45, 7) is 2.08. The average molecular weight is 341 g/mol. The maximum Gasteiger partial charge on any atom is 0.330 e. The van der Waals surface area contributed by atoms with Crippen LogP contribution in [0.2, 0.25) is 0 Å². The Bertz CT molecular complexity index is 825. The summed E-state index contributed by atoms with van der Waals surface area (Å²) in [7, 11) is 0. The van der Waals surface area contributed by atoms with E-state index in [2.05, 4.69) is 12.6 Å². The van der Waals surface area contributed by atoms with E-state index in [1.165, 1.54) is 4.90 Å². The monoisotopic (exact) mass is 341 g/mol. The minimum Gasteiger partial charge on any atom is -0.479 e. The van der Waals surface area contributed by atoms with Gasteiger partial charge in [-0.15, -0.1) is 0 Å². The first-order chi connectivity index (χ1) is 11.5. The minimum absolute atomic E-state index is 0.177. The van der Waals surface area contributed by atoms with Crippen molar-refractivity contribution in [1.29, 1.82) is 0 Å². The van der Waals surface area contributed by atoms with Crippen LogP contribution in [0.15, 0.2) is 48.5 Å². The van der Waals surface area contributed by atoms with Gasteiger partial charge in [0.1, 0.15) is 6.04 Å². The predicted octanol–water partition coefficient (Wildman–Crippen LogP) is 3.08. The summed E-state index contributed by atoms with van der Waals surface area (Å²) in [5.41, 5.74) is 1.85. The zero-order valence-electron chi connectivity index (χ0n) is 13.3. The van der Waals surface area contributed by atoms with Gasteiger partial charge in [-0.25, -0.2) is 4.79 Å². The number of carbonyl (C=O) groups is 2. The molecule has 1 unspecified atom stereocenters. The number of carboxylic acid groups (broad SMARTS) is 1. The standard InChI is InChI=1S/C19H19NO3S/c1-12(11-24)18(21)20-10-14(9-17(20)19(22)23)16-8-4-6-13-5-2-3-7-15(13)16/h2-9,12,17,24H,10-11H2,1H3,(H,22,23)/t12-,17?/m1/s1. The summed E-state index contributed by atoms with van der Waals surface area (Å²) >= 11 is 4.16. The number of hydrogen-bond acceptors (Lipinski definition) is 3. The lowest BCUT2D eigenvalue weighted by Crippen LogP contribution is -2.43. The molecule has 1 aliphatic rings. The van der Waals surface area contributed by atoms with Gasteiger partial charge in [0.2, 0.25) is 5.91 Å². The Morgan fingerprint density at radius 1 is 1.25 bits per heavy atom. The van der Waals surface area contributed by atoms with Gasteiger partial charge in [0.05, 0.1) is 0 Å². The van der Waals surface area contributed by atoms with E-state index in [0.717, 1.165) is 21.9 Å². The van der Waals surface area contributed by atoms with Crippen molar-refractivity contribution in [1.82, 2.24) is 4.90 Å². The summed E-state index contributed by atoms with van der Waals surface area (Å²) in [6.07, 6.45) is 1.69. The molecule has 2 aromatic rings. The van der Waals surface area contributed by atoms with E-state index >= 15 is 0 Å². The van der Waals surface area contributed by atoms with Crippen molar-refractivity contribution in [2.45, 2.75) is 13.0 Å². The fraction of sp³-hybridized carbons (Fsp3) is 0.263. The molecular formula is C19H19NO3S. The number of fused-ring (bicyclic) bond motifs is 1. The highest BCUT2D eigenvalue weighted by Crippen LogP contribution is 2.31. The van der Waals surface area contributed by atoms with Crippen molar-refractivity contribution >= 4 is 40.9 Å². The fourth-order valence-corrected chi connectivity index (χ4v) is 3.23. The van der Waals surface area contributed by atoms with Gasteiger partial charge in [-0.3, -0.25) is 4.79 Å². The van der Waals surface area contributed by atoms with Crippen molar-refractivity contribution in [2.24, 2.45) is 5.92 Å². The van der Waals surface area contributed by atoms with Crippen LogP contribution in [-0.2, 0) is 9.59 Å². The van der Waals surface area contributed by atoms with Gasteiger partial charge in [0, 0.05) is 18.2 Å². The van der Waals surface area contributed by atoms with Crippen LogP contribution < -0.4 is 0 Å². The molecule has 0 saturated carbocycles. The number of rotatable bonds is 4. The molecular weight excluding hydrogens is 322 g/mol. The second-order valence-corrected chi connectivity index (χ2v) is 6.42. The highest BCUT2D eigenvalue weighted by atomic mass is 32.1. The Balaban J connectivity index is 2.01. The summed E-state index contributed by atoms with van der Waals surface area (Å²) in [6, 6.07) is 13.0. The molecule has 3 rings (SSSR count). The first kappa shape index (κ1) is 16.6. The number of nitrogens with zero attached hydrogens (tertiary/aromatic N) is 1. The summed E-state index contributed by atoms with van der Waals surface area (Å²) < 4.78 is 0.